The minimum Gasteiger partial charge on any atom is -0.337 e. The van der Waals surface area contributed by atoms with Crippen LogP contribution in [0.4, 0.5) is 0 Å². The van der Waals surface area contributed by atoms with Crippen molar-refractivity contribution in [2.24, 2.45) is 7.05 Å². The van der Waals surface area contributed by atoms with Gasteiger partial charge in [0.25, 0.3) is 0 Å². The second-order valence-electron chi connectivity index (χ2n) is 5.24. The predicted octanol–water partition coefficient (Wildman–Crippen LogP) is 0.665. The maximum absolute atomic E-state index is 4.49. The number of aromatic nitrogens is 4. The van der Waals surface area contributed by atoms with Crippen molar-refractivity contribution < 1.29 is 0 Å². The predicted molar refractivity (Wildman–Crippen MR) is 76.0 cm³/mol. The van der Waals surface area contributed by atoms with E-state index < -0.39 is 0 Å². The van der Waals surface area contributed by atoms with Crippen molar-refractivity contribution in [3.8, 4) is 0 Å². The lowest BCUT2D eigenvalue weighted by atomic mass is 10.1. The first-order valence-corrected chi connectivity index (χ1v) is 6.93. The molecule has 2 aromatic rings. The van der Waals surface area contributed by atoms with E-state index in [0.717, 1.165) is 43.4 Å². The van der Waals surface area contributed by atoms with Gasteiger partial charge in [-0.1, -0.05) is 0 Å². The van der Waals surface area contributed by atoms with Gasteiger partial charge in [0.2, 0.25) is 0 Å². The fourth-order valence-electron chi connectivity index (χ4n) is 2.60. The first-order chi connectivity index (χ1) is 9.74. The fourth-order valence-corrected chi connectivity index (χ4v) is 2.60. The van der Waals surface area contributed by atoms with Gasteiger partial charge in [-0.15, -0.1) is 0 Å². The SMILES string of the molecule is Cc1cnc(CN2CCNCC2c2nccn2C)cn1. The van der Waals surface area contributed by atoms with Crippen LogP contribution in [-0.2, 0) is 13.6 Å². The zero-order chi connectivity index (χ0) is 13.9. The van der Waals surface area contributed by atoms with E-state index >= 15 is 0 Å². The number of rotatable bonds is 3. The summed E-state index contributed by atoms with van der Waals surface area (Å²) in [5, 5.41) is 3.44. The molecule has 1 unspecified atom stereocenters. The maximum atomic E-state index is 4.49. The molecular formula is C14H20N6. The molecule has 6 nitrogen and oxygen atoms in total. The molecule has 2 aromatic heterocycles. The van der Waals surface area contributed by atoms with Crippen molar-refractivity contribution in [3.05, 3.63) is 42.0 Å². The largest absolute Gasteiger partial charge is 0.337 e. The van der Waals surface area contributed by atoms with E-state index in [1.807, 2.05) is 38.8 Å². The van der Waals surface area contributed by atoms with E-state index in [-0.39, 0.29) is 6.04 Å². The van der Waals surface area contributed by atoms with Crippen molar-refractivity contribution in [3.63, 3.8) is 0 Å². The third-order valence-electron chi connectivity index (χ3n) is 3.71. The summed E-state index contributed by atoms with van der Waals surface area (Å²) in [5.41, 5.74) is 1.96. The quantitative estimate of drug-likeness (QED) is 0.889. The molecule has 0 amide bonds. The van der Waals surface area contributed by atoms with Crippen LogP contribution < -0.4 is 5.32 Å². The van der Waals surface area contributed by atoms with Gasteiger partial charge in [-0.3, -0.25) is 14.9 Å². The monoisotopic (exact) mass is 272 g/mol. The molecule has 0 spiro atoms. The van der Waals surface area contributed by atoms with Crippen LogP contribution in [0.3, 0.4) is 0 Å². The zero-order valence-corrected chi connectivity index (χ0v) is 12.0. The molecule has 1 N–H and O–H groups in total. The molecule has 20 heavy (non-hydrogen) atoms. The zero-order valence-electron chi connectivity index (χ0n) is 12.0. The molecular weight excluding hydrogens is 252 g/mol. The van der Waals surface area contributed by atoms with E-state index in [1.165, 1.54) is 0 Å². The average Bonchev–Trinajstić information content (AvgIpc) is 2.88. The van der Waals surface area contributed by atoms with E-state index in [0.29, 0.717) is 0 Å². The van der Waals surface area contributed by atoms with Crippen molar-refractivity contribution in [1.29, 1.82) is 0 Å². The highest BCUT2D eigenvalue weighted by molar-refractivity contribution is 5.05. The minimum atomic E-state index is 0.284. The normalized spacial score (nSPS) is 20.2. The van der Waals surface area contributed by atoms with Gasteiger partial charge < -0.3 is 9.88 Å². The van der Waals surface area contributed by atoms with Crippen LogP contribution in [0, 0.1) is 6.92 Å². The molecule has 1 aliphatic rings. The standard InChI is InChI=1S/C14H20N6/c1-11-7-18-12(8-17-11)10-20-6-3-15-9-13(20)14-16-4-5-19(14)2/h4-5,7-8,13,15H,3,6,9-10H2,1-2H3. The first kappa shape index (κ1) is 13.2. The maximum Gasteiger partial charge on any atom is 0.127 e. The van der Waals surface area contributed by atoms with Crippen molar-refractivity contribution in [2.75, 3.05) is 19.6 Å². The smallest absolute Gasteiger partial charge is 0.127 e. The molecule has 3 heterocycles. The number of nitrogens with zero attached hydrogens (tertiary/aromatic N) is 5. The number of hydrogen-bond donors (Lipinski definition) is 1. The summed E-state index contributed by atoms with van der Waals surface area (Å²) in [7, 11) is 2.04. The molecule has 1 fully saturated rings. The summed E-state index contributed by atoms with van der Waals surface area (Å²) >= 11 is 0. The molecule has 0 bridgehead atoms. The van der Waals surface area contributed by atoms with Crippen LogP contribution >= 0.6 is 0 Å². The van der Waals surface area contributed by atoms with Crippen LogP contribution in [0.15, 0.2) is 24.8 Å². The Bertz CT molecular complexity index is 561. The van der Waals surface area contributed by atoms with Crippen LogP contribution in [0.2, 0.25) is 0 Å². The summed E-state index contributed by atoms with van der Waals surface area (Å²) in [6.45, 7) is 5.68. The Labute approximate surface area is 118 Å². The Kier molecular flexibility index (Phi) is 3.75. The van der Waals surface area contributed by atoms with Gasteiger partial charge in [0.05, 0.1) is 17.4 Å². The van der Waals surface area contributed by atoms with Gasteiger partial charge in [-0.2, -0.15) is 0 Å². The number of imidazole rings is 1. The van der Waals surface area contributed by atoms with Gasteiger partial charge in [-0.25, -0.2) is 4.98 Å². The van der Waals surface area contributed by atoms with Crippen LogP contribution in [0.5, 0.6) is 0 Å². The Balaban J connectivity index is 1.79. The number of hydrogen-bond acceptors (Lipinski definition) is 5. The van der Waals surface area contributed by atoms with Crippen LogP contribution in [-0.4, -0.2) is 44.1 Å². The Morgan fingerprint density at radius 2 is 2.20 bits per heavy atom. The van der Waals surface area contributed by atoms with Gasteiger partial charge in [0.15, 0.2) is 0 Å². The topological polar surface area (TPSA) is 58.9 Å². The van der Waals surface area contributed by atoms with Crippen LogP contribution in [0.25, 0.3) is 0 Å². The van der Waals surface area contributed by atoms with Crippen molar-refractivity contribution in [2.45, 2.75) is 19.5 Å². The van der Waals surface area contributed by atoms with Crippen molar-refractivity contribution >= 4 is 0 Å². The second-order valence-corrected chi connectivity index (χ2v) is 5.24. The number of aryl methyl sites for hydroxylation is 2. The third kappa shape index (κ3) is 2.71. The molecule has 0 aliphatic carbocycles. The second kappa shape index (κ2) is 5.68. The highest BCUT2D eigenvalue weighted by Crippen LogP contribution is 2.21. The minimum absolute atomic E-state index is 0.284. The van der Waals surface area contributed by atoms with Gasteiger partial charge in [0, 0.05) is 58.0 Å². The lowest BCUT2D eigenvalue weighted by Crippen LogP contribution is -2.46. The van der Waals surface area contributed by atoms with Gasteiger partial charge in [-0.05, 0) is 6.92 Å². The highest BCUT2D eigenvalue weighted by Gasteiger charge is 2.26. The Morgan fingerprint density at radius 1 is 1.30 bits per heavy atom. The summed E-state index contributed by atoms with van der Waals surface area (Å²) in [6, 6.07) is 0.284. The third-order valence-corrected chi connectivity index (χ3v) is 3.71. The highest BCUT2D eigenvalue weighted by atomic mass is 15.3. The summed E-state index contributed by atoms with van der Waals surface area (Å²) in [4.78, 5) is 15.7. The lowest BCUT2D eigenvalue weighted by molar-refractivity contribution is 0.143. The number of piperazine rings is 1. The van der Waals surface area contributed by atoms with E-state index in [1.54, 1.807) is 0 Å². The lowest BCUT2D eigenvalue weighted by Gasteiger charge is -2.35. The molecule has 0 aromatic carbocycles. The molecule has 106 valence electrons. The summed E-state index contributed by atoms with van der Waals surface area (Å²) in [5.74, 6) is 1.09. The van der Waals surface area contributed by atoms with Gasteiger partial charge in [0.1, 0.15) is 5.82 Å². The molecule has 6 heteroatoms. The molecule has 1 saturated heterocycles. The first-order valence-electron chi connectivity index (χ1n) is 6.93. The summed E-state index contributed by atoms with van der Waals surface area (Å²) in [6.07, 6.45) is 7.54. The molecule has 1 atom stereocenters. The van der Waals surface area contributed by atoms with Gasteiger partial charge >= 0.3 is 0 Å². The summed E-state index contributed by atoms with van der Waals surface area (Å²) < 4.78 is 2.09. The molecule has 1 aliphatic heterocycles. The molecule has 3 rings (SSSR count). The Hall–Kier alpha value is -1.79. The molecule has 0 saturated carbocycles. The van der Waals surface area contributed by atoms with E-state index in [2.05, 4.69) is 29.7 Å². The Morgan fingerprint density at radius 3 is 2.90 bits per heavy atom. The fraction of sp³-hybridized carbons (Fsp3) is 0.500. The van der Waals surface area contributed by atoms with Crippen molar-refractivity contribution in [1.82, 2.24) is 29.7 Å². The van der Waals surface area contributed by atoms with Crippen LogP contribution in [0.1, 0.15) is 23.3 Å². The number of nitrogens with one attached hydrogen (secondary N) is 1. The molecule has 0 radical (unpaired) electrons. The average molecular weight is 272 g/mol. The van der Waals surface area contributed by atoms with E-state index in [9.17, 15) is 0 Å². The van der Waals surface area contributed by atoms with E-state index in [4.69, 9.17) is 0 Å².